The van der Waals surface area contributed by atoms with Crippen molar-refractivity contribution in [1.82, 2.24) is 0 Å². The van der Waals surface area contributed by atoms with E-state index in [-0.39, 0.29) is 18.9 Å². The first-order chi connectivity index (χ1) is 4.75. The molecule has 0 fully saturated rings. The van der Waals surface area contributed by atoms with Gasteiger partial charge >= 0.3 is 18.9 Å². The van der Waals surface area contributed by atoms with Crippen LogP contribution in [0.5, 0.6) is 0 Å². The summed E-state index contributed by atoms with van der Waals surface area (Å²) in [6.45, 7) is 7.25. The fraction of sp³-hybridized carbons (Fsp3) is 0.875. The van der Waals surface area contributed by atoms with Crippen LogP contribution in [0.1, 0.15) is 27.7 Å². The molecule has 0 amide bonds. The zero-order chi connectivity index (χ0) is 9.28. The molecule has 0 saturated heterocycles. The Morgan fingerprint density at radius 3 is 1.75 bits per heavy atom. The van der Waals surface area contributed by atoms with E-state index in [1.165, 1.54) is 0 Å². The van der Waals surface area contributed by atoms with Crippen molar-refractivity contribution >= 4 is 5.97 Å². The topological polar surface area (TPSA) is 66.2 Å². The second-order valence-electron chi connectivity index (χ2n) is 4.00. The van der Waals surface area contributed by atoms with E-state index in [0.717, 1.165) is 0 Å². The van der Waals surface area contributed by atoms with Gasteiger partial charge in [-0.05, 0) is 12.0 Å². The van der Waals surface area contributed by atoms with E-state index in [1.54, 1.807) is 13.8 Å². The van der Waals surface area contributed by atoms with Crippen LogP contribution in [0.25, 0.3) is 0 Å². The summed E-state index contributed by atoms with van der Waals surface area (Å²) in [5, 5.41) is 10.7. The zero-order valence-corrected chi connectivity index (χ0v) is 8.60. The molecule has 0 aliphatic heterocycles. The van der Waals surface area contributed by atoms with Gasteiger partial charge in [-0.25, -0.2) is 0 Å². The molecular formula is C8H16LiNO2. The van der Waals surface area contributed by atoms with E-state index in [0.29, 0.717) is 6.54 Å². The third-order valence-electron chi connectivity index (χ3n) is 2.71. The number of carboxylic acid groups (broad SMARTS) is 1. The molecule has 0 saturated carbocycles. The van der Waals surface area contributed by atoms with Gasteiger partial charge in [0.25, 0.3) is 0 Å². The molecule has 3 nitrogen and oxygen atoms in total. The van der Waals surface area contributed by atoms with E-state index in [1.807, 2.05) is 13.8 Å². The van der Waals surface area contributed by atoms with E-state index in [2.05, 4.69) is 0 Å². The average Bonchev–Trinajstić information content (AvgIpc) is 1.87. The van der Waals surface area contributed by atoms with Crippen molar-refractivity contribution in [2.45, 2.75) is 27.7 Å². The summed E-state index contributed by atoms with van der Waals surface area (Å²) in [5.74, 6) is -1.05. The Hall–Kier alpha value is 0.0274. The molecule has 66 valence electrons. The maximum Gasteiger partial charge on any atom is 1.00 e. The molecule has 0 aliphatic rings. The molecular weight excluding hydrogens is 149 g/mol. The normalized spacial score (nSPS) is 12.1. The Morgan fingerprint density at radius 2 is 1.67 bits per heavy atom. The second kappa shape index (κ2) is 4.32. The quantitative estimate of drug-likeness (QED) is 0.447. The molecule has 0 rings (SSSR count). The third-order valence-corrected chi connectivity index (χ3v) is 2.71. The number of hydrogen-bond donors (Lipinski definition) is 1. The van der Waals surface area contributed by atoms with Gasteiger partial charge in [0.2, 0.25) is 0 Å². The molecule has 0 aromatic heterocycles. The van der Waals surface area contributed by atoms with E-state index >= 15 is 0 Å². The minimum absolute atomic E-state index is 0. The second-order valence-corrected chi connectivity index (χ2v) is 4.00. The van der Waals surface area contributed by atoms with Gasteiger partial charge < -0.3 is 15.6 Å². The van der Waals surface area contributed by atoms with E-state index in [4.69, 9.17) is 5.73 Å². The van der Waals surface area contributed by atoms with Gasteiger partial charge in [-0.3, -0.25) is 0 Å². The molecule has 0 aliphatic carbocycles. The first-order valence-corrected chi connectivity index (χ1v) is 3.67. The van der Waals surface area contributed by atoms with Gasteiger partial charge in [-0.2, -0.15) is 0 Å². The number of rotatable bonds is 3. The Balaban J connectivity index is 0. The summed E-state index contributed by atoms with van der Waals surface area (Å²) >= 11 is 0. The van der Waals surface area contributed by atoms with E-state index in [9.17, 15) is 9.90 Å². The summed E-state index contributed by atoms with van der Waals surface area (Å²) < 4.78 is 0. The Kier molecular flexibility index (Phi) is 5.23. The van der Waals surface area contributed by atoms with Crippen LogP contribution < -0.4 is 29.7 Å². The summed E-state index contributed by atoms with van der Waals surface area (Å²) in [6, 6.07) is 0. The predicted octanol–water partition coefficient (Wildman–Crippen LogP) is -3.25. The summed E-state index contributed by atoms with van der Waals surface area (Å²) in [4.78, 5) is 10.7. The molecule has 0 aromatic carbocycles. The van der Waals surface area contributed by atoms with E-state index < -0.39 is 16.8 Å². The van der Waals surface area contributed by atoms with Gasteiger partial charge in [-0.15, -0.1) is 0 Å². The first-order valence-electron chi connectivity index (χ1n) is 3.67. The monoisotopic (exact) mass is 165 g/mol. The van der Waals surface area contributed by atoms with Crippen molar-refractivity contribution in [3.05, 3.63) is 0 Å². The van der Waals surface area contributed by atoms with Crippen LogP contribution in [-0.2, 0) is 4.79 Å². The van der Waals surface area contributed by atoms with Gasteiger partial charge in [0.1, 0.15) is 0 Å². The number of aliphatic carboxylic acids is 1. The van der Waals surface area contributed by atoms with Crippen molar-refractivity contribution in [1.29, 1.82) is 0 Å². The average molecular weight is 165 g/mol. The fourth-order valence-electron chi connectivity index (χ4n) is 0.531. The summed E-state index contributed by atoms with van der Waals surface area (Å²) in [6.07, 6.45) is 0. The Morgan fingerprint density at radius 1 is 1.33 bits per heavy atom. The number of nitrogens with two attached hydrogens (primary N) is 1. The molecule has 0 bridgehead atoms. The Bertz CT molecular complexity index is 166. The standard InChI is InChI=1S/C8H17NO2.Li/c1-7(2,5-9)8(3,4)6(10)11;/h5,9H2,1-4H3,(H,10,11);/q;+1/p-1. The van der Waals surface area contributed by atoms with Crippen LogP contribution in [0.4, 0.5) is 0 Å². The minimum Gasteiger partial charge on any atom is -0.550 e. The van der Waals surface area contributed by atoms with Crippen molar-refractivity contribution in [2.75, 3.05) is 6.54 Å². The minimum atomic E-state index is -1.05. The van der Waals surface area contributed by atoms with Crippen LogP contribution in [0.2, 0.25) is 0 Å². The van der Waals surface area contributed by atoms with Crippen LogP contribution in [-0.4, -0.2) is 12.5 Å². The molecule has 0 aromatic rings. The van der Waals surface area contributed by atoms with Crippen LogP contribution in [0.3, 0.4) is 0 Å². The molecule has 0 heterocycles. The first kappa shape index (κ1) is 14.5. The maximum absolute atomic E-state index is 10.7. The molecule has 0 atom stereocenters. The van der Waals surface area contributed by atoms with Crippen molar-refractivity contribution in [3.8, 4) is 0 Å². The number of carbonyl (C=O) groups excluding carboxylic acids is 1. The van der Waals surface area contributed by atoms with Crippen molar-refractivity contribution in [3.63, 3.8) is 0 Å². The predicted molar refractivity (Wildman–Crippen MR) is 41.6 cm³/mol. The molecule has 2 N–H and O–H groups in total. The van der Waals surface area contributed by atoms with Crippen LogP contribution in [0.15, 0.2) is 0 Å². The molecule has 0 spiro atoms. The molecule has 4 heteroatoms. The SMILES string of the molecule is CC(C)(CN)C(C)(C)C(=O)[O-].[Li+]. The van der Waals surface area contributed by atoms with Gasteiger partial charge in [0.05, 0.1) is 0 Å². The smallest absolute Gasteiger partial charge is 0.550 e. The van der Waals surface area contributed by atoms with Crippen molar-refractivity contribution < 1.29 is 28.8 Å². The number of carboxylic acids is 1. The van der Waals surface area contributed by atoms with Crippen LogP contribution >= 0.6 is 0 Å². The zero-order valence-electron chi connectivity index (χ0n) is 8.60. The van der Waals surface area contributed by atoms with Gasteiger partial charge in [0, 0.05) is 11.4 Å². The Labute approximate surface area is 85.9 Å². The van der Waals surface area contributed by atoms with Gasteiger partial charge in [0.15, 0.2) is 0 Å². The molecule has 0 unspecified atom stereocenters. The summed E-state index contributed by atoms with van der Waals surface area (Å²) in [7, 11) is 0. The summed E-state index contributed by atoms with van der Waals surface area (Å²) in [5.41, 5.74) is 4.14. The third kappa shape index (κ3) is 2.51. The largest absolute Gasteiger partial charge is 1.00 e. The van der Waals surface area contributed by atoms with Gasteiger partial charge in [-0.1, -0.05) is 27.7 Å². The maximum atomic E-state index is 10.7. The molecule has 0 radical (unpaired) electrons. The molecule has 12 heavy (non-hydrogen) atoms. The van der Waals surface area contributed by atoms with Crippen LogP contribution in [0, 0.1) is 10.8 Å². The number of carbonyl (C=O) groups is 1. The van der Waals surface area contributed by atoms with Crippen molar-refractivity contribution in [2.24, 2.45) is 16.6 Å². The number of hydrogen-bond acceptors (Lipinski definition) is 3. The fourth-order valence-corrected chi connectivity index (χ4v) is 0.531.